The smallest absolute Gasteiger partial charge is 0.260 e. The van der Waals surface area contributed by atoms with Crippen LogP contribution in [0.3, 0.4) is 0 Å². The van der Waals surface area contributed by atoms with Crippen molar-refractivity contribution < 1.29 is 22.7 Å². The molecule has 0 unspecified atom stereocenters. The molecule has 0 aromatic carbocycles. The van der Waals surface area contributed by atoms with Crippen LogP contribution in [0.4, 0.5) is 0 Å². The summed E-state index contributed by atoms with van der Waals surface area (Å²) >= 11 is 0. The summed E-state index contributed by atoms with van der Waals surface area (Å²) in [5, 5.41) is 0. The number of allylic oxidation sites excluding steroid dienone is 3. The number of rotatable bonds is 7. The minimum atomic E-state index is -3.55. The third kappa shape index (κ3) is 4.02. The van der Waals surface area contributed by atoms with Gasteiger partial charge < -0.3 is 9.47 Å². The summed E-state index contributed by atoms with van der Waals surface area (Å²) in [6.45, 7) is 9.79. The van der Waals surface area contributed by atoms with Crippen molar-refractivity contribution in [3.05, 3.63) is 23.3 Å². The van der Waals surface area contributed by atoms with Crippen molar-refractivity contribution in [2.45, 2.75) is 85.0 Å². The number of carbonyl (C=O) groups is 1. The number of nitrogens with zero attached hydrogens (tertiary/aromatic N) is 1. The summed E-state index contributed by atoms with van der Waals surface area (Å²) in [6, 6.07) is -0.162. The van der Waals surface area contributed by atoms with Gasteiger partial charge in [-0.25, -0.2) is 12.7 Å². The lowest BCUT2D eigenvalue weighted by molar-refractivity contribution is -0.124. The van der Waals surface area contributed by atoms with E-state index in [9.17, 15) is 13.2 Å². The second-order valence-electron chi connectivity index (χ2n) is 10.5. The zero-order valence-electron chi connectivity index (χ0n) is 19.4. The maximum atomic E-state index is 13.1. The van der Waals surface area contributed by atoms with Crippen LogP contribution >= 0.6 is 0 Å². The molecule has 1 amide bonds. The van der Waals surface area contributed by atoms with Gasteiger partial charge in [-0.3, -0.25) is 4.79 Å². The number of ether oxygens (including phenoxy) is 2. The van der Waals surface area contributed by atoms with E-state index >= 15 is 0 Å². The molecule has 2 saturated carbocycles. The number of carbonyl (C=O) groups excluding carboxylic acids is 1. The standard InChI is InChI=1S/C24H37NO5S/c1-17(8-9-22-29-12-13-30-22)6-5-7-18(2)14-21(26)25-20-15-19-10-11-24(20,23(19,3)4)16-31(25,27)28/h6,14,19-20,22H,5,7-13,15-16H2,1-4H3/b17-6-,18-14-/t19-,20-,24-/m0/s1. The molecule has 1 spiro atoms. The van der Waals surface area contributed by atoms with E-state index in [4.69, 9.17) is 9.47 Å². The molecule has 0 radical (unpaired) electrons. The number of amides is 1. The molecule has 2 heterocycles. The lowest BCUT2D eigenvalue weighted by Crippen LogP contribution is -2.43. The first-order chi connectivity index (χ1) is 14.6. The molecule has 0 aromatic heterocycles. The Morgan fingerprint density at radius 3 is 2.52 bits per heavy atom. The maximum absolute atomic E-state index is 13.1. The van der Waals surface area contributed by atoms with E-state index in [1.54, 1.807) is 6.08 Å². The summed E-state index contributed by atoms with van der Waals surface area (Å²) in [5.41, 5.74) is 1.93. The van der Waals surface area contributed by atoms with Crippen LogP contribution in [-0.2, 0) is 24.3 Å². The first kappa shape index (κ1) is 23.0. The lowest BCUT2D eigenvalue weighted by Gasteiger charge is -2.36. The van der Waals surface area contributed by atoms with E-state index < -0.39 is 10.0 Å². The molecule has 3 atom stereocenters. The molecule has 4 fully saturated rings. The Balaban J connectivity index is 1.35. The first-order valence-corrected chi connectivity index (χ1v) is 13.3. The number of hydrogen-bond donors (Lipinski definition) is 0. The largest absolute Gasteiger partial charge is 0.350 e. The normalized spacial score (nSPS) is 34.5. The van der Waals surface area contributed by atoms with Crippen molar-refractivity contribution >= 4 is 15.9 Å². The van der Waals surface area contributed by atoms with Crippen molar-refractivity contribution in [2.24, 2.45) is 16.7 Å². The van der Waals surface area contributed by atoms with Crippen LogP contribution in [0.25, 0.3) is 0 Å². The second kappa shape index (κ2) is 8.31. The minimum Gasteiger partial charge on any atom is -0.350 e. The molecule has 2 aliphatic carbocycles. The van der Waals surface area contributed by atoms with E-state index in [2.05, 4.69) is 26.8 Å². The Kier molecular flexibility index (Phi) is 6.16. The highest BCUT2D eigenvalue weighted by Crippen LogP contribution is 2.69. The van der Waals surface area contributed by atoms with Crippen LogP contribution in [0.1, 0.15) is 72.6 Å². The molecular weight excluding hydrogens is 414 g/mol. The fraction of sp³-hybridized carbons (Fsp3) is 0.792. The highest BCUT2D eigenvalue weighted by atomic mass is 32.2. The Labute approximate surface area is 187 Å². The average Bonchev–Trinajstić information content (AvgIpc) is 3.37. The van der Waals surface area contributed by atoms with Gasteiger partial charge in [0.25, 0.3) is 5.91 Å². The molecule has 2 saturated heterocycles. The van der Waals surface area contributed by atoms with E-state index in [1.165, 1.54) is 9.88 Å². The van der Waals surface area contributed by atoms with Gasteiger partial charge in [0, 0.05) is 17.9 Å². The highest BCUT2D eigenvalue weighted by Gasteiger charge is 2.72. The summed E-state index contributed by atoms with van der Waals surface area (Å²) in [4.78, 5) is 13.1. The average molecular weight is 452 g/mol. The van der Waals surface area contributed by atoms with E-state index in [0.29, 0.717) is 19.1 Å². The van der Waals surface area contributed by atoms with Gasteiger partial charge >= 0.3 is 0 Å². The van der Waals surface area contributed by atoms with Gasteiger partial charge in [-0.15, -0.1) is 0 Å². The summed E-state index contributed by atoms with van der Waals surface area (Å²) in [7, 11) is -3.55. The van der Waals surface area contributed by atoms with E-state index in [1.807, 2.05) is 6.92 Å². The Morgan fingerprint density at radius 2 is 1.84 bits per heavy atom. The Morgan fingerprint density at radius 1 is 1.13 bits per heavy atom. The molecule has 0 N–H and O–H groups in total. The van der Waals surface area contributed by atoms with Gasteiger partial charge in [0.1, 0.15) is 0 Å². The van der Waals surface area contributed by atoms with E-state index in [0.717, 1.165) is 50.5 Å². The quantitative estimate of drug-likeness (QED) is 0.429. The van der Waals surface area contributed by atoms with Crippen LogP contribution in [0.15, 0.2) is 23.3 Å². The molecule has 174 valence electrons. The van der Waals surface area contributed by atoms with Gasteiger partial charge in [-0.1, -0.05) is 31.1 Å². The lowest BCUT2D eigenvalue weighted by atomic mass is 9.69. The van der Waals surface area contributed by atoms with Gasteiger partial charge in [0.05, 0.1) is 25.0 Å². The van der Waals surface area contributed by atoms with Crippen LogP contribution in [0.2, 0.25) is 0 Å². The predicted octanol–water partition coefficient (Wildman–Crippen LogP) is 4.18. The third-order valence-corrected chi connectivity index (χ3v) is 10.4. The monoisotopic (exact) mass is 451 g/mol. The minimum absolute atomic E-state index is 0.0184. The second-order valence-corrected chi connectivity index (χ2v) is 12.4. The zero-order chi connectivity index (χ0) is 22.4. The molecule has 0 aromatic rings. The Hall–Kier alpha value is -1.18. The molecule has 4 rings (SSSR count). The van der Waals surface area contributed by atoms with Gasteiger partial charge in [0.2, 0.25) is 10.0 Å². The SMILES string of the molecule is C/C(=C/C(=O)N1[C@H]2C[C@@H]3CC[C@@]2(CS1(=O)=O)C3(C)C)CC/C=C(/C)CCC1OCCO1. The zero-order valence-corrected chi connectivity index (χ0v) is 20.2. The fourth-order valence-corrected chi connectivity index (χ4v) is 8.99. The van der Waals surface area contributed by atoms with Crippen LogP contribution in [-0.4, -0.2) is 49.9 Å². The molecule has 6 nitrogen and oxygen atoms in total. The van der Waals surface area contributed by atoms with Crippen LogP contribution < -0.4 is 0 Å². The number of hydrogen-bond acceptors (Lipinski definition) is 5. The fourth-order valence-electron chi connectivity index (χ4n) is 6.49. The van der Waals surface area contributed by atoms with Gasteiger partial charge in [-0.05, 0) is 63.7 Å². The number of fused-ring (bicyclic) bond motifs is 1. The van der Waals surface area contributed by atoms with E-state index in [-0.39, 0.29) is 34.8 Å². The van der Waals surface area contributed by atoms with Crippen molar-refractivity contribution in [3.8, 4) is 0 Å². The summed E-state index contributed by atoms with van der Waals surface area (Å²) in [6.07, 6.45) is 9.87. The van der Waals surface area contributed by atoms with Crippen molar-refractivity contribution in [1.82, 2.24) is 4.31 Å². The van der Waals surface area contributed by atoms with Crippen molar-refractivity contribution in [3.63, 3.8) is 0 Å². The predicted molar refractivity (Wildman–Crippen MR) is 120 cm³/mol. The van der Waals surface area contributed by atoms with Crippen LogP contribution in [0.5, 0.6) is 0 Å². The number of sulfonamides is 1. The topological polar surface area (TPSA) is 72.9 Å². The third-order valence-electron chi connectivity index (χ3n) is 8.49. The highest BCUT2D eigenvalue weighted by molar-refractivity contribution is 7.90. The molecule has 4 aliphatic rings. The molecule has 31 heavy (non-hydrogen) atoms. The molecular formula is C24H37NO5S. The van der Waals surface area contributed by atoms with Crippen molar-refractivity contribution in [2.75, 3.05) is 19.0 Å². The first-order valence-electron chi connectivity index (χ1n) is 11.7. The molecule has 7 heteroatoms. The molecule has 2 bridgehead atoms. The molecule has 2 aliphatic heterocycles. The van der Waals surface area contributed by atoms with Gasteiger partial charge in [0.15, 0.2) is 6.29 Å². The maximum Gasteiger partial charge on any atom is 0.260 e. The van der Waals surface area contributed by atoms with Gasteiger partial charge in [-0.2, -0.15) is 0 Å². The Bertz CT molecular complexity index is 884. The summed E-state index contributed by atoms with van der Waals surface area (Å²) < 4.78 is 38.2. The van der Waals surface area contributed by atoms with Crippen molar-refractivity contribution in [1.29, 1.82) is 0 Å². The summed E-state index contributed by atoms with van der Waals surface area (Å²) in [5.74, 6) is 0.295. The van der Waals surface area contributed by atoms with Crippen LogP contribution in [0, 0.1) is 16.7 Å².